The number of rotatable bonds is 6. The molecule has 6 nitrogen and oxygen atoms in total. The highest BCUT2D eigenvalue weighted by Gasteiger charge is 2.36. The van der Waals surface area contributed by atoms with Crippen molar-refractivity contribution in [1.82, 2.24) is 20.2 Å². The molecule has 2 aliphatic rings. The van der Waals surface area contributed by atoms with Gasteiger partial charge in [0.25, 0.3) is 12.3 Å². The molecule has 2 saturated heterocycles. The van der Waals surface area contributed by atoms with Gasteiger partial charge in [0.15, 0.2) is 5.13 Å². The summed E-state index contributed by atoms with van der Waals surface area (Å²) in [4.78, 5) is 24.8. The van der Waals surface area contributed by atoms with E-state index in [-0.39, 0.29) is 18.3 Å². The van der Waals surface area contributed by atoms with E-state index in [2.05, 4.69) is 20.2 Å². The number of pyridine rings is 1. The molecule has 11 heteroatoms. The minimum atomic E-state index is -2.31. The molecular weight excluding hydrogens is 446 g/mol. The van der Waals surface area contributed by atoms with Crippen molar-refractivity contribution in [1.29, 1.82) is 0 Å². The number of hydrogen-bond acceptors (Lipinski definition) is 6. The van der Waals surface area contributed by atoms with Crippen molar-refractivity contribution in [2.45, 2.75) is 57.2 Å². The lowest BCUT2D eigenvalue weighted by molar-refractivity contribution is -0.0229. The summed E-state index contributed by atoms with van der Waals surface area (Å²) in [5.41, 5.74) is -0.0497. The highest BCUT2D eigenvalue weighted by atomic mass is 32.1. The normalized spacial score (nSPS) is 20.7. The van der Waals surface area contributed by atoms with Crippen LogP contribution in [0.3, 0.4) is 0 Å². The maximum absolute atomic E-state index is 13.7. The van der Waals surface area contributed by atoms with Crippen LogP contribution < -0.4 is 10.2 Å². The van der Waals surface area contributed by atoms with E-state index in [9.17, 15) is 22.4 Å². The molecule has 0 radical (unpaired) electrons. The van der Waals surface area contributed by atoms with Crippen molar-refractivity contribution in [2.24, 2.45) is 0 Å². The molecule has 1 amide bonds. The Morgan fingerprint density at radius 2 is 1.91 bits per heavy atom. The lowest BCUT2D eigenvalue weighted by Crippen LogP contribution is -2.53. The van der Waals surface area contributed by atoms with Crippen LogP contribution in [-0.4, -0.2) is 58.9 Å². The topological polar surface area (TPSA) is 61.4 Å². The number of carbonyl (C=O) groups is 1. The number of anilines is 1. The smallest absolute Gasteiger partial charge is 0.263 e. The third-order valence-electron chi connectivity index (χ3n) is 6.10. The first-order valence-corrected chi connectivity index (χ1v) is 11.6. The SMILES string of the molecule is O=C(NCc1ncc(F)cc1F)c1cnc(N2CCC(N3CCCCC3C(F)F)CC2)s1. The third-order valence-corrected chi connectivity index (χ3v) is 7.16. The Bertz CT molecular complexity index is 935. The van der Waals surface area contributed by atoms with Gasteiger partial charge in [0.2, 0.25) is 0 Å². The molecular formula is C21H25F4N5OS. The van der Waals surface area contributed by atoms with Gasteiger partial charge in [0, 0.05) is 25.2 Å². The van der Waals surface area contributed by atoms with E-state index in [1.807, 2.05) is 4.90 Å². The lowest BCUT2D eigenvalue weighted by Gasteiger charge is -2.44. The first-order valence-electron chi connectivity index (χ1n) is 10.7. The molecule has 32 heavy (non-hydrogen) atoms. The molecule has 174 valence electrons. The number of alkyl halides is 2. The zero-order chi connectivity index (χ0) is 22.7. The lowest BCUT2D eigenvalue weighted by atomic mass is 9.95. The summed E-state index contributed by atoms with van der Waals surface area (Å²) in [5.74, 6) is -2.01. The van der Waals surface area contributed by atoms with E-state index in [1.54, 1.807) is 0 Å². The van der Waals surface area contributed by atoms with E-state index in [0.29, 0.717) is 29.5 Å². The standard InChI is InChI=1S/C21H25F4N5OS/c22-13-9-15(23)16(26-10-13)11-27-20(31)18-12-28-21(32-18)29-7-4-14(5-8-29)30-6-2-1-3-17(30)19(24)25/h9-10,12,14,17,19H,1-8,11H2,(H,27,31). The molecule has 0 aromatic carbocycles. The second-order valence-electron chi connectivity index (χ2n) is 8.13. The Hall–Kier alpha value is -2.27. The Labute approximate surface area is 187 Å². The average molecular weight is 472 g/mol. The predicted molar refractivity (Wildman–Crippen MR) is 113 cm³/mol. The number of piperidine rings is 2. The maximum atomic E-state index is 13.7. The van der Waals surface area contributed by atoms with Crippen molar-refractivity contribution < 1.29 is 22.4 Å². The Kier molecular flexibility index (Phi) is 7.24. The zero-order valence-corrected chi connectivity index (χ0v) is 18.3. The van der Waals surface area contributed by atoms with E-state index >= 15 is 0 Å². The van der Waals surface area contributed by atoms with Crippen LogP contribution in [0.15, 0.2) is 18.5 Å². The number of aromatic nitrogens is 2. The van der Waals surface area contributed by atoms with Crippen LogP contribution in [0.5, 0.6) is 0 Å². The van der Waals surface area contributed by atoms with Gasteiger partial charge >= 0.3 is 0 Å². The van der Waals surface area contributed by atoms with Crippen LogP contribution in [0.25, 0.3) is 0 Å². The highest BCUT2D eigenvalue weighted by Crippen LogP contribution is 2.31. The first-order chi connectivity index (χ1) is 15.4. The van der Waals surface area contributed by atoms with Gasteiger partial charge in [-0.05, 0) is 32.2 Å². The van der Waals surface area contributed by atoms with Crippen LogP contribution in [0.1, 0.15) is 47.5 Å². The molecule has 0 bridgehead atoms. The average Bonchev–Trinajstić information content (AvgIpc) is 3.29. The highest BCUT2D eigenvalue weighted by molar-refractivity contribution is 7.17. The summed E-state index contributed by atoms with van der Waals surface area (Å²) < 4.78 is 53.4. The number of thiazole rings is 1. The number of likely N-dealkylation sites (tertiary alicyclic amines) is 1. The fraction of sp³-hybridized carbons (Fsp3) is 0.571. The molecule has 0 saturated carbocycles. The van der Waals surface area contributed by atoms with Gasteiger partial charge in [-0.3, -0.25) is 14.7 Å². The van der Waals surface area contributed by atoms with Gasteiger partial charge in [0.1, 0.15) is 16.5 Å². The van der Waals surface area contributed by atoms with Gasteiger partial charge in [0.05, 0.1) is 30.7 Å². The van der Waals surface area contributed by atoms with E-state index < -0.39 is 30.0 Å². The van der Waals surface area contributed by atoms with Crippen molar-refractivity contribution in [2.75, 3.05) is 24.5 Å². The molecule has 4 rings (SSSR count). The van der Waals surface area contributed by atoms with Crippen molar-refractivity contribution in [3.8, 4) is 0 Å². The monoisotopic (exact) mass is 471 g/mol. The Balaban J connectivity index is 1.30. The van der Waals surface area contributed by atoms with Crippen LogP contribution in [0.4, 0.5) is 22.7 Å². The summed E-state index contributed by atoms with van der Waals surface area (Å²) in [6, 6.07) is 0.221. The van der Waals surface area contributed by atoms with Gasteiger partial charge in [-0.25, -0.2) is 22.5 Å². The van der Waals surface area contributed by atoms with Crippen LogP contribution in [0, 0.1) is 11.6 Å². The number of nitrogens with one attached hydrogen (secondary N) is 1. The van der Waals surface area contributed by atoms with Crippen molar-refractivity contribution in [3.63, 3.8) is 0 Å². The maximum Gasteiger partial charge on any atom is 0.263 e. The molecule has 2 fully saturated rings. The van der Waals surface area contributed by atoms with Crippen LogP contribution >= 0.6 is 11.3 Å². The molecule has 2 aliphatic heterocycles. The zero-order valence-electron chi connectivity index (χ0n) is 17.4. The minimum absolute atomic E-state index is 0.0497. The van der Waals surface area contributed by atoms with E-state index in [1.165, 1.54) is 17.5 Å². The molecule has 1 N–H and O–H groups in total. The third kappa shape index (κ3) is 5.20. The fourth-order valence-corrected chi connectivity index (χ4v) is 5.32. The van der Waals surface area contributed by atoms with Gasteiger partial charge in [-0.1, -0.05) is 17.8 Å². The second-order valence-corrected chi connectivity index (χ2v) is 9.13. The molecule has 1 atom stereocenters. The molecule has 2 aromatic rings. The Morgan fingerprint density at radius 1 is 1.12 bits per heavy atom. The second kappa shape index (κ2) is 10.1. The minimum Gasteiger partial charge on any atom is -0.348 e. The molecule has 4 heterocycles. The molecule has 0 spiro atoms. The molecule has 0 aliphatic carbocycles. The Morgan fingerprint density at radius 3 is 2.62 bits per heavy atom. The fourth-order valence-electron chi connectivity index (χ4n) is 4.43. The number of halogens is 4. The summed E-state index contributed by atoms with van der Waals surface area (Å²) in [6.07, 6.45) is 3.98. The van der Waals surface area contributed by atoms with E-state index in [0.717, 1.165) is 44.5 Å². The molecule has 1 unspecified atom stereocenters. The summed E-state index contributed by atoms with van der Waals surface area (Å²) in [5, 5.41) is 3.27. The number of nitrogens with zero attached hydrogens (tertiary/aromatic N) is 4. The summed E-state index contributed by atoms with van der Waals surface area (Å²) >= 11 is 1.23. The molecule has 2 aromatic heterocycles. The van der Waals surface area contributed by atoms with E-state index in [4.69, 9.17) is 0 Å². The summed E-state index contributed by atoms with van der Waals surface area (Å²) in [7, 11) is 0. The van der Waals surface area contributed by atoms with Crippen LogP contribution in [-0.2, 0) is 6.54 Å². The van der Waals surface area contributed by atoms with Gasteiger partial charge in [-0.2, -0.15) is 0 Å². The summed E-state index contributed by atoms with van der Waals surface area (Å²) in [6.45, 7) is 1.95. The van der Waals surface area contributed by atoms with Crippen LogP contribution in [0.2, 0.25) is 0 Å². The number of amides is 1. The van der Waals surface area contributed by atoms with Crippen molar-refractivity contribution in [3.05, 3.63) is 40.7 Å². The number of hydrogen-bond donors (Lipinski definition) is 1. The first kappa shape index (κ1) is 22.9. The van der Waals surface area contributed by atoms with Gasteiger partial charge in [-0.15, -0.1) is 0 Å². The quantitative estimate of drug-likeness (QED) is 0.649. The largest absolute Gasteiger partial charge is 0.348 e. The van der Waals surface area contributed by atoms with Gasteiger partial charge < -0.3 is 10.2 Å². The number of carbonyl (C=O) groups excluding carboxylic acids is 1. The van der Waals surface area contributed by atoms with Crippen molar-refractivity contribution >= 4 is 22.4 Å². The predicted octanol–water partition coefficient (Wildman–Crippen LogP) is 3.83.